The number of carboxylic acid groups (broad SMARTS) is 1. The first-order valence-corrected chi connectivity index (χ1v) is 26.6. The topological polar surface area (TPSA) is 486 Å². The molecular weight excluding hydrogens is 1080 g/mol. The van der Waals surface area contributed by atoms with E-state index in [9.17, 15) is 63.0 Å². The summed E-state index contributed by atoms with van der Waals surface area (Å²) >= 11 is 16.2. The third-order valence-electron chi connectivity index (χ3n) is 11.8. The summed E-state index contributed by atoms with van der Waals surface area (Å²) in [4.78, 5) is 155. The molecule has 0 radical (unpaired) electrons. The van der Waals surface area contributed by atoms with E-state index in [0.717, 1.165) is 4.90 Å². The van der Waals surface area contributed by atoms with E-state index in [2.05, 4.69) is 103 Å². The van der Waals surface area contributed by atoms with E-state index in [4.69, 9.17) is 28.7 Å². The second-order valence-corrected chi connectivity index (χ2v) is 19.0. The highest BCUT2D eigenvalue weighted by Crippen LogP contribution is 2.20. The van der Waals surface area contributed by atoms with Crippen LogP contribution in [0.2, 0.25) is 0 Å². The third kappa shape index (κ3) is 21.9. The number of aliphatic hydroxyl groups is 1. The molecule has 20 N–H and O–H groups in total. The number of carboxylic acids is 1. The van der Waals surface area contributed by atoms with Crippen molar-refractivity contribution in [3.05, 3.63) is 0 Å². The molecule has 10 atom stereocenters. The van der Waals surface area contributed by atoms with Crippen molar-refractivity contribution in [2.24, 2.45) is 38.7 Å². The fourth-order valence-corrected chi connectivity index (χ4v) is 8.59. The number of amides is 10. The van der Waals surface area contributed by atoms with Crippen molar-refractivity contribution in [3.63, 3.8) is 0 Å². The molecule has 30 nitrogen and oxygen atoms in total. The van der Waals surface area contributed by atoms with E-state index in [-0.39, 0.29) is 99.6 Å². The first-order valence-electron chi connectivity index (χ1n) is 24.1. The second kappa shape index (κ2) is 33.9. The largest absolute Gasteiger partial charge is 0.480 e. The van der Waals surface area contributed by atoms with Crippen LogP contribution in [0.1, 0.15) is 58.3 Å². The molecule has 0 unspecified atom stereocenters. The van der Waals surface area contributed by atoms with Crippen LogP contribution in [0.5, 0.6) is 0 Å². The summed E-state index contributed by atoms with van der Waals surface area (Å²) in [6, 6.07) is -11.6. The number of aliphatic imine (C=N–C) groups is 2. The highest BCUT2D eigenvalue weighted by molar-refractivity contribution is 7.80. The van der Waals surface area contributed by atoms with Crippen molar-refractivity contribution in [2.75, 3.05) is 62.3 Å². The monoisotopic (exact) mass is 1150 g/mol. The zero-order valence-corrected chi connectivity index (χ0v) is 45.4. The van der Waals surface area contributed by atoms with Gasteiger partial charge in [-0.15, -0.1) is 0 Å². The van der Waals surface area contributed by atoms with Gasteiger partial charge in [0.2, 0.25) is 59.1 Å². The fraction of sp³-hybridized carbons (Fsp3) is 0.690. The Kier molecular flexibility index (Phi) is 29.5. The number of likely N-dealkylation sites (tertiary alicyclic amines) is 2. The maximum atomic E-state index is 13.8. The Bertz CT molecular complexity index is 2120. The minimum absolute atomic E-state index is 0.0341. The zero-order valence-electron chi connectivity index (χ0n) is 41.9. The van der Waals surface area contributed by atoms with Gasteiger partial charge >= 0.3 is 5.97 Å². The molecule has 0 aromatic carbocycles. The summed E-state index contributed by atoms with van der Waals surface area (Å²) in [5.41, 5.74) is 27.3. The number of rotatable bonds is 32. The summed E-state index contributed by atoms with van der Waals surface area (Å²) in [7, 11) is 0. The third-order valence-corrected chi connectivity index (χ3v) is 13.2. The maximum absolute atomic E-state index is 13.8. The molecule has 34 heteroatoms. The van der Waals surface area contributed by atoms with Gasteiger partial charge in [-0.2, -0.15) is 50.5 Å². The lowest BCUT2D eigenvalue weighted by Crippen LogP contribution is -2.60. The molecule has 0 aliphatic carbocycles. The smallest absolute Gasteiger partial charge is 0.327 e. The number of carbonyl (C=O) groups excluding carboxylic acids is 10. The number of aliphatic hydroxyl groups excluding tert-OH is 1. The fourth-order valence-electron chi connectivity index (χ4n) is 7.66. The standard InChI is InChI=1S/C42H73N17O13S4/c1-20(60)31(57-36(67)25(18-75)55-34(65)23(7-3-11-49-42(46)47)53-37(68)27-8-4-12-58(27)29(61)14-50-32(63)21(43)16-73)39(70)51-15-30(62)59-13-5-9-28(59)38(69)52-22(6-2-10-48-41(44)45)33(64)54-24(17-74)35(66)56-26(19-76)40(71)72/h20-28,31,60,73-76H,2-19,43H2,1H3,(H,50,63)(H,51,70)(H,52,69)(H,53,68)(H,54,64)(H,55,65)(H,56,66)(H,57,67)(H,71,72)(H4,44,45,48)(H4,46,47,49)/t20-,21+,22+,23+,24+,25+,26+,27+,28+,31+/m1/s1. The normalized spacial score (nSPS) is 18.1. The number of hydrogen-bond acceptors (Lipinski definition) is 19. The summed E-state index contributed by atoms with van der Waals surface area (Å²) < 4.78 is 0. The average Bonchev–Trinajstić information content (AvgIpc) is 4.09. The molecule has 0 bridgehead atoms. The molecule has 428 valence electrons. The molecule has 0 aromatic rings. The van der Waals surface area contributed by atoms with Gasteiger partial charge in [0.1, 0.15) is 48.3 Å². The summed E-state index contributed by atoms with van der Waals surface area (Å²) in [5, 5.41) is 39.4. The number of nitrogens with two attached hydrogens (primary N) is 5. The van der Waals surface area contributed by atoms with Gasteiger partial charge < -0.3 is 91.2 Å². The summed E-state index contributed by atoms with van der Waals surface area (Å²) in [6.07, 6.45) is -0.187. The number of aliphatic carboxylic acids is 1. The Labute approximate surface area is 460 Å². The van der Waals surface area contributed by atoms with Crippen molar-refractivity contribution in [3.8, 4) is 0 Å². The predicted molar refractivity (Wildman–Crippen MR) is 290 cm³/mol. The lowest BCUT2D eigenvalue weighted by molar-refractivity contribution is -0.141. The molecule has 2 aliphatic heterocycles. The minimum atomic E-state index is -1.70. The van der Waals surface area contributed by atoms with Gasteiger partial charge in [0.25, 0.3) is 0 Å². The molecular formula is C42H73N17O13S4. The number of guanidine groups is 2. The van der Waals surface area contributed by atoms with Gasteiger partial charge in [-0.05, 0) is 58.3 Å². The van der Waals surface area contributed by atoms with Crippen LogP contribution in [0.4, 0.5) is 0 Å². The Morgan fingerprint density at radius 3 is 1.30 bits per heavy atom. The number of nitrogens with zero attached hydrogens (tertiary/aromatic N) is 4. The van der Waals surface area contributed by atoms with Crippen LogP contribution in [0.25, 0.3) is 0 Å². The van der Waals surface area contributed by atoms with Crippen LogP contribution in [-0.4, -0.2) is 220 Å². The van der Waals surface area contributed by atoms with Crippen LogP contribution < -0.4 is 71.2 Å². The van der Waals surface area contributed by atoms with Crippen LogP contribution in [0.15, 0.2) is 9.98 Å². The molecule has 2 heterocycles. The van der Waals surface area contributed by atoms with Crippen molar-refractivity contribution < 1.29 is 63.0 Å². The number of nitrogens with one attached hydrogen (secondary N) is 8. The number of thiol groups is 4. The van der Waals surface area contributed by atoms with E-state index in [1.54, 1.807) is 0 Å². The number of carbonyl (C=O) groups is 11. The van der Waals surface area contributed by atoms with E-state index < -0.39 is 139 Å². The Hall–Kier alpha value is -5.97. The quantitative estimate of drug-likeness (QED) is 0.0129. The van der Waals surface area contributed by atoms with Gasteiger partial charge in [0.05, 0.1) is 25.2 Å². The van der Waals surface area contributed by atoms with Gasteiger partial charge in [-0.3, -0.25) is 57.9 Å². The summed E-state index contributed by atoms with van der Waals surface area (Å²) in [6.45, 7) is 0.370. The lowest BCUT2D eigenvalue weighted by atomic mass is 10.1. The highest BCUT2D eigenvalue weighted by atomic mass is 32.1. The van der Waals surface area contributed by atoms with Crippen molar-refractivity contribution in [2.45, 2.75) is 119 Å². The highest BCUT2D eigenvalue weighted by Gasteiger charge is 2.39. The molecule has 2 rings (SSSR count). The van der Waals surface area contributed by atoms with Crippen molar-refractivity contribution in [1.29, 1.82) is 0 Å². The molecule has 2 saturated heterocycles. The zero-order chi connectivity index (χ0) is 57.2. The average molecular weight is 1150 g/mol. The van der Waals surface area contributed by atoms with Crippen LogP contribution in [-0.2, 0) is 52.7 Å². The molecule has 0 saturated carbocycles. The maximum Gasteiger partial charge on any atom is 0.327 e. The van der Waals surface area contributed by atoms with Crippen molar-refractivity contribution in [1.82, 2.24) is 52.3 Å². The second-order valence-electron chi connectivity index (χ2n) is 17.5. The van der Waals surface area contributed by atoms with Gasteiger partial charge in [-0.25, -0.2) is 4.79 Å². The van der Waals surface area contributed by atoms with Crippen molar-refractivity contribution >= 4 is 127 Å². The molecule has 76 heavy (non-hydrogen) atoms. The van der Waals surface area contributed by atoms with Crippen LogP contribution >= 0.6 is 50.5 Å². The Morgan fingerprint density at radius 2 is 0.934 bits per heavy atom. The first-order chi connectivity index (χ1) is 35.9. The Morgan fingerprint density at radius 1 is 0.553 bits per heavy atom. The molecule has 2 aliphatic rings. The molecule has 10 amide bonds. The molecule has 0 aromatic heterocycles. The minimum Gasteiger partial charge on any atom is -0.480 e. The van der Waals surface area contributed by atoms with E-state index in [1.807, 2.05) is 0 Å². The van der Waals surface area contributed by atoms with Gasteiger partial charge in [-0.1, -0.05) is 0 Å². The van der Waals surface area contributed by atoms with Gasteiger partial charge in [0.15, 0.2) is 11.9 Å². The Balaban J connectivity index is 2.16. The van der Waals surface area contributed by atoms with Gasteiger partial charge in [0, 0.05) is 49.2 Å². The van der Waals surface area contributed by atoms with Crippen LogP contribution in [0, 0.1) is 0 Å². The van der Waals surface area contributed by atoms with E-state index in [1.165, 1.54) is 11.8 Å². The SMILES string of the molecule is C[C@@H](O)[C@H](NC(=O)[C@H](CS)NC(=O)[C@H](CCCN=C(N)N)NC(=O)[C@@H]1CCCN1C(=O)CNC(=O)[C@@H](N)CS)C(=O)NCC(=O)N1CCC[C@H]1C(=O)N[C@@H](CCCN=C(N)N)C(=O)N[C@@H](CS)C(=O)N[C@@H](CS)C(=O)O. The molecule has 0 spiro atoms. The number of hydrogen-bond donors (Lipinski definition) is 19. The first kappa shape index (κ1) is 66.1. The lowest BCUT2D eigenvalue weighted by Gasteiger charge is -2.28. The van der Waals surface area contributed by atoms with Crippen LogP contribution in [0.3, 0.4) is 0 Å². The van der Waals surface area contributed by atoms with E-state index in [0.29, 0.717) is 12.8 Å². The van der Waals surface area contributed by atoms with E-state index >= 15 is 0 Å². The molecule has 2 fully saturated rings. The predicted octanol–water partition coefficient (Wildman–Crippen LogP) is -8.27. The summed E-state index contributed by atoms with van der Waals surface area (Å²) in [5.74, 6) is -10.7.